The molecule has 4 amide bonds. The van der Waals surface area contributed by atoms with E-state index >= 15 is 0 Å². The molecule has 3 aromatic carbocycles. The molecule has 1 aromatic heterocycles. The zero-order valence-corrected chi connectivity index (χ0v) is 17.0. The van der Waals surface area contributed by atoms with Gasteiger partial charge >= 0.3 is 6.03 Å². The number of urea groups is 1. The standard InChI is InChI=1S/C25H17N3O4/c1-14-19(13-20-22(29)26-25(32)27-23(20)30)17-10-4-5-12-21(17)28(14)24(31)18-11-6-8-15-7-2-3-9-16(15)18/h2-13H,1H3,(H2,26,27,29,30,32). The van der Waals surface area contributed by atoms with Gasteiger partial charge in [-0.3, -0.25) is 29.6 Å². The molecule has 156 valence electrons. The summed E-state index contributed by atoms with van der Waals surface area (Å²) in [5.41, 5.74) is 2.14. The lowest BCUT2D eigenvalue weighted by Crippen LogP contribution is -2.51. The molecule has 32 heavy (non-hydrogen) atoms. The molecule has 0 radical (unpaired) electrons. The third-order valence-electron chi connectivity index (χ3n) is 5.62. The maximum absolute atomic E-state index is 13.7. The summed E-state index contributed by atoms with van der Waals surface area (Å²) in [7, 11) is 0. The average Bonchev–Trinajstić information content (AvgIpc) is 3.06. The molecule has 7 nitrogen and oxygen atoms in total. The van der Waals surface area contributed by atoms with Crippen molar-refractivity contribution in [2.24, 2.45) is 0 Å². The molecular weight excluding hydrogens is 406 g/mol. The Hall–Kier alpha value is -4.52. The predicted octanol–water partition coefficient (Wildman–Crippen LogP) is 3.54. The first kappa shape index (κ1) is 19.4. The van der Waals surface area contributed by atoms with Crippen molar-refractivity contribution in [3.05, 3.63) is 89.1 Å². The highest BCUT2D eigenvalue weighted by Crippen LogP contribution is 2.30. The highest BCUT2D eigenvalue weighted by atomic mass is 16.2. The monoisotopic (exact) mass is 423 g/mol. The van der Waals surface area contributed by atoms with E-state index in [0.717, 1.165) is 10.8 Å². The van der Waals surface area contributed by atoms with Crippen LogP contribution in [0.25, 0.3) is 27.8 Å². The van der Waals surface area contributed by atoms with Gasteiger partial charge in [0, 0.05) is 22.2 Å². The fourth-order valence-corrected chi connectivity index (χ4v) is 4.12. The molecule has 0 aliphatic carbocycles. The smallest absolute Gasteiger partial charge is 0.280 e. The Bertz CT molecular complexity index is 1480. The van der Waals surface area contributed by atoms with Gasteiger partial charge in [0.2, 0.25) is 0 Å². The molecule has 1 aliphatic rings. The lowest BCUT2D eigenvalue weighted by Gasteiger charge is -2.14. The van der Waals surface area contributed by atoms with Crippen LogP contribution in [0, 0.1) is 6.92 Å². The van der Waals surface area contributed by atoms with Gasteiger partial charge in [-0.2, -0.15) is 0 Å². The summed E-state index contributed by atoms with van der Waals surface area (Å²) in [5, 5.41) is 6.64. The third kappa shape index (κ3) is 2.99. The van der Waals surface area contributed by atoms with Crippen LogP contribution in [0.2, 0.25) is 0 Å². The van der Waals surface area contributed by atoms with E-state index in [2.05, 4.69) is 10.6 Å². The van der Waals surface area contributed by atoms with Crippen molar-refractivity contribution in [3.8, 4) is 0 Å². The molecule has 0 saturated carbocycles. The maximum atomic E-state index is 13.7. The first-order valence-corrected chi connectivity index (χ1v) is 9.96. The van der Waals surface area contributed by atoms with Gasteiger partial charge in [-0.1, -0.05) is 54.6 Å². The number of hydrogen-bond donors (Lipinski definition) is 2. The summed E-state index contributed by atoms with van der Waals surface area (Å²) in [6.07, 6.45) is 1.42. The molecule has 1 aliphatic heterocycles. The Kier molecular flexibility index (Phi) is 4.44. The van der Waals surface area contributed by atoms with Gasteiger partial charge in [0.05, 0.1) is 5.52 Å². The summed E-state index contributed by atoms with van der Waals surface area (Å²) in [4.78, 5) is 49.6. The van der Waals surface area contributed by atoms with Crippen LogP contribution in [0.4, 0.5) is 4.79 Å². The summed E-state index contributed by atoms with van der Waals surface area (Å²) in [6, 6.07) is 19.7. The summed E-state index contributed by atoms with van der Waals surface area (Å²) in [6.45, 7) is 1.76. The van der Waals surface area contributed by atoms with Gasteiger partial charge in [-0.15, -0.1) is 0 Å². The lowest BCUT2D eigenvalue weighted by molar-refractivity contribution is -0.123. The Morgan fingerprint density at radius 3 is 2.19 bits per heavy atom. The van der Waals surface area contributed by atoms with E-state index in [1.807, 2.05) is 60.7 Å². The van der Waals surface area contributed by atoms with Gasteiger partial charge in [0.1, 0.15) is 5.57 Å². The molecule has 0 bridgehead atoms. The number of rotatable bonds is 2. The van der Waals surface area contributed by atoms with Crippen LogP contribution in [-0.2, 0) is 9.59 Å². The number of imide groups is 2. The fourth-order valence-electron chi connectivity index (χ4n) is 4.12. The van der Waals surface area contributed by atoms with Crippen LogP contribution >= 0.6 is 0 Å². The van der Waals surface area contributed by atoms with E-state index in [0.29, 0.717) is 27.7 Å². The number of nitrogens with zero attached hydrogens (tertiary/aromatic N) is 1. The molecule has 0 unspecified atom stereocenters. The third-order valence-corrected chi connectivity index (χ3v) is 5.62. The number of nitrogens with one attached hydrogen (secondary N) is 2. The van der Waals surface area contributed by atoms with Crippen LogP contribution in [0.15, 0.2) is 72.3 Å². The quantitative estimate of drug-likeness (QED) is 0.381. The number of carbonyl (C=O) groups is 4. The van der Waals surface area contributed by atoms with E-state index in [1.54, 1.807) is 17.6 Å². The van der Waals surface area contributed by atoms with Gasteiger partial charge in [-0.05, 0) is 35.9 Å². The van der Waals surface area contributed by atoms with Crippen molar-refractivity contribution in [3.63, 3.8) is 0 Å². The number of barbiturate groups is 1. The Morgan fingerprint density at radius 2 is 1.44 bits per heavy atom. The average molecular weight is 423 g/mol. The lowest BCUT2D eigenvalue weighted by atomic mass is 10.0. The second-order valence-corrected chi connectivity index (χ2v) is 7.48. The molecule has 7 heteroatoms. The molecular formula is C25H17N3O4. The minimum Gasteiger partial charge on any atom is -0.280 e. The van der Waals surface area contributed by atoms with Crippen LogP contribution in [0.1, 0.15) is 21.6 Å². The Balaban J connectivity index is 1.73. The minimum atomic E-state index is -0.859. The highest BCUT2D eigenvalue weighted by molar-refractivity contribution is 6.31. The van der Waals surface area contributed by atoms with E-state index < -0.39 is 17.8 Å². The SMILES string of the molecule is Cc1c(C=C2C(=O)NC(=O)NC2=O)c2ccccc2n1C(=O)c1cccc2ccccc12. The summed E-state index contributed by atoms with van der Waals surface area (Å²) >= 11 is 0. The summed E-state index contributed by atoms with van der Waals surface area (Å²) in [5.74, 6) is -1.78. The molecule has 2 N–H and O–H groups in total. The predicted molar refractivity (Wildman–Crippen MR) is 120 cm³/mol. The highest BCUT2D eigenvalue weighted by Gasteiger charge is 2.29. The van der Waals surface area contributed by atoms with Crippen LogP contribution in [-0.4, -0.2) is 28.3 Å². The number of aromatic nitrogens is 1. The van der Waals surface area contributed by atoms with Crippen molar-refractivity contribution in [1.82, 2.24) is 15.2 Å². The Labute approximate surface area is 182 Å². The number of para-hydroxylation sites is 1. The largest absolute Gasteiger partial charge is 0.328 e. The van der Waals surface area contributed by atoms with E-state index in [9.17, 15) is 19.2 Å². The maximum Gasteiger partial charge on any atom is 0.328 e. The first-order chi connectivity index (χ1) is 15.5. The normalized spacial score (nSPS) is 13.9. The van der Waals surface area contributed by atoms with Gasteiger partial charge in [-0.25, -0.2) is 4.79 Å². The number of hydrogen-bond acceptors (Lipinski definition) is 4. The molecule has 1 saturated heterocycles. The molecule has 4 aromatic rings. The second-order valence-electron chi connectivity index (χ2n) is 7.48. The second kappa shape index (κ2) is 7.31. The van der Waals surface area contributed by atoms with Crippen LogP contribution in [0.5, 0.6) is 0 Å². The first-order valence-electron chi connectivity index (χ1n) is 9.96. The number of carbonyl (C=O) groups excluding carboxylic acids is 4. The van der Waals surface area contributed by atoms with Crippen LogP contribution in [0.3, 0.4) is 0 Å². The minimum absolute atomic E-state index is 0.201. The molecule has 5 rings (SSSR count). The zero-order valence-electron chi connectivity index (χ0n) is 17.0. The number of benzene rings is 3. The Morgan fingerprint density at radius 1 is 0.812 bits per heavy atom. The molecule has 0 spiro atoms. The van der Waals surface area contributed by atoms with Crippen LogP contribution < -0.4 is 10.6 Å². The van der Waals surface area contributed by atoms with Crippen molar-refractivity contribution < 1.29 is 19.2 Å². The van der Waals surface area contributed by atoms with E-state index in [4.69, 9.17) is 0 Å². The van der Waals surface area contributed by atoms with Crippen molar-refractivity contribution >= 4 is 51.5 Å². The van der Waals surface area contributed by atoms with E-state index in [1.165, 1.54) is 6.08 Å². The number of amides is 4. The van der Waals surface area contributed by atoms with E-state index in [-0.39, 0.29) is 11.5 Å². The zero-order chi connectivity index (χ0) is 22.4. The van der Waals surface area contributed by atoms with Gasteiger partial charge < -0.3 is 0 Å². The van der Waals surface area contributed by atoms with Gasteiger partial charge in [0.25, 0.3) is 17.7 Å². The van der Waals surface area contributed by atoms with Crippen molar-refractivity contribution in [2.45, 2.75) is 6.92 Å². The van der Waals surface area contributed by atoms with Crippen molar-refractivity contribution in [1.29, 1.82) is 0 Å². The van der Waals surface area contributed by atoms with Crippen molar-refractivity contribution in [2.75, 3.05) is 0 Å². The topological polar surface area (TPSA) is 97.3 Å². The van der Waals surface area contributed by atoms with Gasteiger partial charge in [0.15, 0.2) is 0 Å². The summed E-state index contributed by atoms with van der Waals surface area (Å²) < 4.78 is 1.59. The number of fused-ring (bicyclic) bond motifs is 2. The fraction of sp³-hybridized carbons (Fsp3) is 0.0400. The molecule has 0 atom stereocenters. The molecule has 2 heterocycles. The molecule has 1 fully saturated rings.